The molecule has 25 heavy (non-hydrogen) atoms. The molecule has 5 nitrogen and oxygen atoms in total. The van der Waals surface area contributed by atoms with E-state index in [1.165, 1.54) is 11.3 Å². The van der Waals surface area contributed by atoms with Crippen LogP contribution in [0.4, 0.5) is 5.69 Å². The van der Waals surface area contributed by atoms with Crippen molar-refractivity contribution >= 4 is 38.6 Å². The summed E-state index contributed by atoms with van der Waals surface area (Å²) in [6.07, 6.45) is 0.486. The summed E-state index contributed by atoms with van der Waals surface area (Å²) < 4.78 is 6.24. The number of nitrogens with one attached hydrogen (secondary N) is 1. The topological polar surface area (TPSA) is 69.4 Å². The van der Waals surface area contributed by atoms with E-state index >= 15 is 0 Å². The number of hydrogen-bond acceptors (Lipinski definition) is 5. The summed E-state index contributed by atoms with van der Waals surface area (Å²) in [5.74, 6) is 1.28. The number of aliphatic hydroxyl groups excluding tert-OH is 1. The number of aromatic nitrogens is 1. The van der Waals surface area contributed by atoms with Gasteiger partial charge in [0.15, 0.2) is 0 Å². The van der Waals surface area contributed by atoms with Crippen LogP contribution in [0.25, 0.3) is 15.8 Å². The average molecular weight is 351 g/mol. The second-order valence-corrected chi connectivity index (χ2v) is 6.79. The molecule has 0 atom stereocenters. The highest BCUT2D eigenvalue weighted by Gasteiger charge is 2.28. The van der Waals surface area contributed by atoms with E-state index in [1.807, 2.05) is 53.4 Å². The molecule has 0 saturated carbocycles. The molecule has 1 aliphatic rings. The molecule has 0 radical (unpaired) electrons. The molecule has 0 bridgehead atoms. The SMILES string of the molecule is COc1ccc(N2CCC(O)=C(c3nc4ccccc4s3)C2=N)cc1. The third-order valence-electron chi connectivity index (χ3n) is 4.26. The number of benzene rings is 2. The Hall–Kier alpha value is -2.86. The van der Waals surface area contributed by atoms with Crippen molar-refractivity contribution < 1.29 is 9.84 Å². The number of anilines is 1. The van der Waals surface area contributed by atoms with Gasteiger partial charge in [0.05, 0.1) is 22.9 Å². The zero-order valence-electron chi connectivity index (χ0n) is 13.7. The molecule has 6 heteroatoms. The number of thiazole rings is 1. The van der Waals surface area contributed by atoms with Crippen LogP contribution in [0.3, 0.4) is 0 Å². The van der Waals surface area contributed by atoms with Crippen LogP contribution in [0.1, 0.15) is 11.4 Å². The number of para-hydroxylation sites is 1. The second-order valence-electron chi connectivity index (χ2n) is 5.76. The van der Waals surface area contributed by atoms with Gasteiger partial charge >= 0.3 is 0 Å². The van der Waals surface area contributed by atoms with Crippen molar-refractivity contribution in [2.45, 2.75) is 6.42 Å². The van der Waals surface area contributed by atoms with Crippen LogP contribution in [0.15, 0.2) is 54.3 Å². The number of amidine groups is 1. The van der Waals surface area contributed by atoms with Crippen LogP contribution in [0, 0.1) is 5.41 Å². The summed E-state index contributed by atoms with van der Waals surface area (Å²) >= 11 is 1.50. The molecule has 126 valence electrons. The van der Waals surface area contributed by atoms with Gasteiger partial charge in [0.25, 0.3) is 0 Å². The smallest absolute Gasteiger partial charge is 0.139 e. The predicted octanol–water partition coefficient (Wildman–Crippen LogP) is 4.46. The first-order valence-electron chi connectivity index (χ1n) is 7.96. The summed E-state index contributed by atoms with van der Waals surface area (Å²) in [6, 6.07) is 15.4. The van der Waals surface area contributed by atoms with Crippen LogP contribution in [0.5, 0.6) is 5.75 Å². The van der Waals surface area contributed by atoms with Crippen molar-refractivity contribution in [1.29, 1.82) is 5.41 Å². The van der Waals surface area contributed by atoms with Crippen LogP contribution in [-0.2, 0) is 0 Å². The Labute approximate surface area is 149 Å². The van der Waals surface area contributed by atoms with Crippen molar-refractivity contribution in [3.63, 3.8) is 0 Å². The van der Waals surface area contributed by atoms with E-state index in [1.54, 1.807) is 7.11 Å². The molecule has 0 amide bonds. The molecular weight excluding hydrogens is 334 g/mol. The van der Waals surface area contributed by atoms with Crippen LogP contribution < -0.4 is 9.64 Å². The van der Waals surface area contributed by atoms with Gasteiger partial charge in [0.1, 0.15) is 22.4 Å². The fourth-order valence-corrected chi connectivity index (χ4v) is 3.98. The van der Waals surface area contributed by atoms with Gasteiger partial charge in [0.2, 0.25) is 0 Å². The normalized spacial score (nSPS) is 15.1. The van der Waals surface area contributed by atoms with Crippen LogP contribution >= 0.6 is 11.3 Å². The first-order chi connectivity index (χ1) is 12.2. The Morgan fingerprint density at radius 2 is 1.92 bits per heavy atom. The molecule has 0 aliphatic carbocycles. The number of aliphatic hydroxyl groups is 1. The molecule has 0 saturated heterocycles. The maximum Gasteiger partial charge on any atom is 0.139 e. The van der Waals surface area contributed by atoms with Gasteiger partial charge in [-0.05, 0) is 36.4 Å². The van der Waals surface area contributed by atoms with Gasteiger partial charge in [-0.2, -0.15) is 0 Å². The number of nitrogens with zero attached hydrogens (tertiary/aromatic N) is 2. The fraction of sp³-hybridized carbons (Fsp3) is 0.158. The summed E-state index contributed by atoms with van der Waals surface area (Å²) in [6.45, 7) is 0.561. The summed E-state index contributed by atoms with van der Waals surface area (Å²) in [5.41, 5.74) is 2.30. The Morgan fingerprint density at radius 1 is 1.16 bits per heavy atom. The largest absolute Gasteiger partial charge is 0.511 e. The lowest BCUT2D eigenvalue weighted by Crippen LogP contribution is -2.36. The van der Waals surface area contributed by atoms with Crippen molar-refractivity contribution in [2.24, 2.45) is 0 Å². The second kappa shape index (κ2) is 6.22. The fourth-order valence-electron chi connectivity index (χ4n) is 2.95. The molecular formula is C19H17N3O2S. The molecule has 4 rings (SSSR count). The molecule has 2 N–H and O–H groups in total. The van der Waals surface area contributed by atoms with Crippen LogP contribution in [-0.4, -0.2) is 29.6 Å². The first kappa shape index (κ1) is 15.7. The molecule has 1 aliphatic heterocycles. The van der Waals surface area contributed by atoms with Gasteiger partial charge in [-0.15, -0.1) is 11.3 Å². The minimum Gasteiger partial charge on any atom is -0.511 e. The minimum absolute atomic E-state index is 0.230. The highest BCUT2D eigenvalue weighted by molar-refractivity contribution is 7.19. The molecule has 3 aromatic rings. The van der Waals surface area contributed by atoms with Gasteiger partial charge in [0, 0.05) is 18.7 Å². The van der Waals surface area contributed by atoms with Gasteiger partial charge in [-0.25, -0.2) is 4.98 Å². The Bertz CT molecular complexity index is 943. The molecule has 0 fully saturated rings. The quantitative estimate of drug-likeness (QED) is 0.731. The van der Waals surface area contributed by atoms with E-state index in [9.17, 15) is 5.11 Å². The molecule has 2 heterocycles. The lowest BCUT2D eigenvalue weighted by atomic mass is 10.1. The third kappa shape index (κ3) is 2.74. The predicted molar refractivity (Wildman–Crippen MR) is 102 cm³/mol. The lowest BCUT2D eigenvalue weighted by molar-refractivity contribution is 0.391. The lowest BCUT2D eigenvalue weighted by Gasteiger charge is -2.30. The van der Waals surface area contributed by atoms with Gasteiger partial charge < -0.3 is 14.7 Å². The van der Waals surface area contributed by atoms with E-state index in [4.69, 9.17) is 10.1 Å². The Balaban J connectivity index is 1.72. The maximum atomic E-state index is 10.4. The average Bonchev–Trinajstić information content (AvgIpc) is 3.05. The van der Waals surface area contributed by atoms with Crippen molar-refractivity contribution in [2.75, 3.05) is 18.6 Å². The molecule has 0 spiro atoms. The number of ether oxygens (including phenoxy) is 1. The minimum atomic E-state index is 0.230. The van der Waals surface area contributed by atoms with Gasteiger partial charge in [-0.3, -0.25) is 5.41 Å². The molecule has 1 aromatic heterocycles. The summed E-state index contributed by atoms with van der Waals surface area (Å²) in [5, 5.41) is 19.7. The monoisotopic (exact) mass is 351 g/mol. The molecule has 2 aromatic carbocycles. The first-order valence-corrected chi connectivity index (χ1v) is 8.77. The van der Waals surface area contributed by atoms with Crippen molar-refractivity contribution in [3.8, 4) is 5.75 Å². The van der Waals surface area contributed by atoms with Crippen molar-refractivity contribution in [3.05, 3.63) is 59.3 Å². The Kier molecular flexibility index (Phi) is 3.89. The number of hydrogen-bond donors (Lipinski definition) is 2. The van der Waals surface area contributed by atoms with E-state index in [0.29, 0.717) is 23.5 Å². The summed E-state index contributed by atoms with van der Waals surface area (Å²) in [4.78, 5) is 6.50. The van der Waals surface area contributed by atoms with Gasteiger partial charge in [-0.1, -0.05) is 12.1 Å². The van der Waals surface area contributed by atoms with Crippen molar-refractivity contribution in [1.82, 2.24) is 4.98 Å². The third-order valence-corrected chi connectivity index (χ3v) is 5.31. The van der Waals surface area contributed by atoms with E-state index in [2.05, 4.69) is 4.98 Å². The van der Waals surface area contributed by atoms with E-state index in [-0.39, 0.29) is 11.6 Å². The maximum absolute atomic E-state index is 10.4. The number of fused-ring (bicyclic) bond motifs is 1. The Morgan fingerprint density at radius 3 is 2.64 bits per heavy atom. The standard InChI is InChI=1S/C19H17N3O2S/c1-24-13-8-6-12(7-9-13)22-11-10-15(23)17(18(22)20)19-21-14-4-2-3-5-16(14)25-19/h2-9,20,23H,10-11H2,1H3. The summed E-state index contributed by atoms with van der Waals surface area (Å²) in [7, 11) is 1.63. The molecule has 0 unspecified atom stereocenters. The highest BCUT2D eigenvalue weighted by Crippen LogP contribution is 2.34. The number of methoxy groups -OCH3 is 1. The van der Waals surface area contributed by atoms with Crippen LogP contribution in [0.2, 0.25) is 0 Å². The zero-order chi connectivity index (χ0) is 17.4. The highest BCUT2D eigenvalue weighted by atomic mass is 32.1. The van der Waals surface area contributed by atoms with E-state index < -0.39 is 0 Å². The number of rotatable bonds is 3. The van der Waals surface area contributed by atoms with E-state index in [0.717, 1.165) is 21.7 Å². The zero-order valence-corrected chi connectivity index (χ0v) is 14.5.